The first-order valence-electron chi connectivity index (χ1n) is 5.78. The summed E-state index contributed by atoms with van der Waals surface area (Å²) in [6.45, 7) is 1.26. The monoisotopic (exact) mass is 251 g/mol. The number of ether oxygens (including phenoxy) is 2. The van der Waals surface area contributed by atoms with Crippen LogP contribution in [0.3, 0.4) is 0 Å². The molecule has 1 fully saturated rings. The third kappa shape index (κ3) is 3.04. The van der Waals surface area contributed by atoms with Crippen LogP contribution >= 0.6 is 0 Å². The van der Waals surface area contributed by atoms with Crippen LogP contribution in [0.2, 0.25) is 0 Å². The lowest BCUT2D eigenvalue weighted by Gasteiger charge is -2.13. The van der Waals surface area contributed by atoms with E-state index in [1.165, 1.54) is 7.11 Å². The van der Waals surface area contributed by atoms with Crippen LogP contribution in [-0.2, 0) is 4.74 Å². The molecule has 1 aliphatic heterocycles. The zero-order chi connectivity index (χ0) is 13.0. The number of nitrogens with one attached hydrogen (secondary N) is 2. The number of methoxy groups -OCH3 is 1. The van der Waals surface area contributed by atoms with Gasteiger partial charge >= 0.3 is 6.03 Å². The maximum atomic E-state index is 11.7. The van der Waals surface area contributed by atoms with Gasteiger partial charge in [-0.1, -0.05) is 0 Å². The van der Waals surface area contributed by atoms with Crippen molar-refractivity contribution < 1.29 is 14.3 Å². The summed E-state index contributed by atoms with van der Waals surface area (Å²) in [5.41, 5.74) is 6.86. The van der Waals surface area contributed by atoms with E-state index in [0.717, 1.165) is 6.42 Å². The van der Waals surface area contributed by atoms with Gasteiger partial charge in [-0.3, -0.25) is 0 Å². The van der Waals surface area contributed by atoms with Crippen molar-refractivity contribution in [3.63, 3.8) is 0 Å². The Hall–Kier alpha value is -1.95. The van der Waals surface area contributed by atoms with Gasteiger partial charge in [-0.2, -0.15) is 0 Å². The van der Waals surface area contributed by atoms with Crippen LogP contribution in [0.25, 0.3) is 0 Å². The summed E-state index contributed by atoms with van der Waals surface area (Å²) >= 11 is 0. The average Bonchev–Trinajstić information content (AvgIpc) is 2.84. The highest BCUT2D eigenvalue weighted by Gasteiger charge is 2.17. The molecule has 0 spiro atoms. The number of hydrogen-bond acceptors (Lipinski definition) is 4. The molecule has 2 amide bonds. The van der Waals surface area contributed by atoms with Gasteiger partial charge in [0, 0.05) is 18.4 Å². The molecule has 0 aliphatic carbocycles. The molecular weight excluding hydrogens is 234 g/mol. The molecular formula is C12H17N3O3. The van der Waals surface area contributed by atoms with E-state index in [1.807, 2.05) is 0 Å². The zero-order valence-electron chi connectivity index (χ0n) is 10.2. The van der Waals surface area contributed by atoms with Gasteiger partial charge in [-0.15, -0.1) is 0 Å². The summed E-state index contributed by atoms with van der Waals surface area (Å²) in [5.74, 6) is 0.539. The van der Waals surface area contributed by atoms with E-state index in [9.17, 15) is 4.79 Å². The average molecular weight is 251 g/mol. The molecule has 98 valence electrons. The Kier molecular flexibility index (Phi) is 3.88. The lowest BCUT2D eigenvalue weighted by Crippen LogP contribution is -2.38. The molecule has 1 heterocycles. The Morgan fingerprint density at radius 3 is 3.06 bits per heavy atom. The highest BCUT2D eigenvalue weighted by molar-refractivity contribution is 5.90. The van der Waals surface area contributed by atoms with Gasteiger partial charge in [0.25, 0.3) is 0 Å². The predicted octanol–water partition coefficient (Wildman–Crippen LogP) is 1.19. The molecule has 4 N–H and O–H groups in total. The third-order valence-electron chi connectivity index (χ3n) is 2.76. The SMILES string of the molecule is COc1cc(NC(=O)NC2CCOC2)ccc1N. The molecule has 1 saturated heterocycles. The van der Waals surface area contributed by atoms with Crippen molar-refractivity contribution in [1.29, 1.82) is 0 Å². The molecule has 1 atom stereocenters. The van der Waals surface area contributed by atoms with Crippen LogP contribution in [0.1, 0.15) is 6.42 Å². The van der Waals surface area contributed by atoms with E-state index in [4.69, 9.17) is 15.2 Å². The number of anilines is 2. The van der Waals surface area contributed by atoms with Gasteiger partial charge in [-0.25, -0.2) is 4.79 Å². The Labute approximate surface area is 105 Å². The summed E-state index contributed by atoms with van der Waals surface area (Å²) in [7, 11) is 1.53. The maximum Gasteiger partial charge on any atom is 0.319 e. The molecule has 0 aromatic heterocycles. The number of carbonyl (C=O) groups excluding carboxylic acids is 1. The van der Waals surface area contributed by atoms with Gasteiger partial charge in [0.2, 0.25) is 0 Å². The quantitative estimate of drug-likeness (QED) is 0.704. The first-order valence-corrected chi connectivity index (χ1v) is 5.78. The van der Waals surface area contributed by atoms with E-state index < -0.39 is 0 Å². The van der Waals surface area contributed by atoms with Crippen molar-refractivity contribution in [2.45, 2.75) is 12.5 Å². The molecule has 0 radical (unpaired) electrons. The van der Waals surface area contributed by atoms with Crippen molar-refractivity contribution in [2.75, 3.05) is 31.4 Å². The van der Waals surface area contributed by atoms with E-state index in [-0.39, 0.29) is 12.1 Å². The summed E-state index contributed by atoms with van der Waals surface area (Å²) in [4.78, 5) is 11.7. The Morgan fingerprint density at radius 2 is 2.39 bits per heavy atom. The smallest absolute Gasteiger partial charge is 0.319 e. The number of hydrogen-bond donors (Lipinski definition) is 3. The minimum absolute atomic E-state index is 0.0840. The highest BCUT2D eigenvalue weighted by Crippen LogP contribution is 2.24. The fourth-order valence-corrected chi connectivity index (χ4v) is 1.79. The summed E-state index contributed by atoms with van der Waals surface area (Å²) in [5, 5.41) is 5.56. The number of nitrogen functional groups attached to an aromatic ring is 1. The van der Waals surface area contributed by atoms with E-state index in [2.05, 4.69) is 10.6 Å². The molecule has 1 aromatic rings. The standard InChI is InChI=1S/C12H17N3O3/c1-17-11-6-8(2-3-10(11)13)14-12(16)15-9-4-5-18-7-9/h2-3,6,9H,4-5,7,13H2,1H3,(H2,14,15,16). The fraction of sp³-hybridized carbons (Fsp3) is 0.417. The highest BCUT2D eigenvalue weighted by atomic mass is 16.5. The molecule has 1 unspecified atom stereocenters. The number of carbonyl (C=O) groups is 1. The second-order valence-corrected chi connectivity index (χ2v) is 4.12. The number of benzene rings is 1. The number of amides is 2. The largest absolute Gasteiger partial charge is 0.495 e. The normalized spacial score (nSPS) is 18.4. The molecule has 0 bridgehead atoms. The van der Waals surface area contributed by atoms with Gasteiger partial charge < -0.3 is 25.8 Å². The van der Waals surface area contributed by atoms with E-state index in [1.54, 1.807) is 18.2 Å². The Balaban J connectivity index is 1.93. The van der Waals surface area contributed by atoms with E-state index >= 15 is 0 Å². The number of urea groups is 1. The maximum absolute atomic E-state index is 11.7. The van der Waals surface area contributed by atoms with Gasteiger partial charge in [-0.05, 0) is 18.6 Å². The molecule has 18 heavy (non-hydrogen) atoms. The van der Waals surface area contributed by atoms with Crippen LogP contribution in [0.15, 0.2) is 18.2 Å². The molecule has 1 aliphatic rings. The lowest BCUT2D eigenvalue weighted by atomic mass is 10.2. The first kappa shape index (κ1) is 12.5. The van der Waals surface area contributed by atoms with Crippen LogP contribution in [0.4, 0.5) is 16.2 Å². The van der Waals surface area contributed by atoms with Crippen molar-refractivity contribution in [3.8, 4) is 5.75 Å². The number of nitrogens with two attached hydrogens (primary N) is 1. The molecule has 6 nitrogen and oxygen atoms in total. The topological polar surface area (TPSA) is 85.6 Å². The van der Waals surface area contributed by atoms with Crippen molar-refractivity contribution >= 4 is 17.4 Å². The van der Waals surface area contributed by atoms with Crippen molar-refractivity contribution in [1.82, 2.24) is 5.32 Å². The molecule has 1 aromatic carbocycles. The summed E-state index contributed by atoms with van der Waals surface area (Å²) in [6, 6.07) is 4.92. The second-order valence-electron chi connectivity index (χ2n) is 4.12. The summed E-state index contributed by atoms with van der Waals surface area (Å²) in [6.07, 6.45) is 0.846. The molecule has 0 saturated carbocycles. The van der Waals surface area contributed by atoms with Gasteiger partial charge in [0.1, 0.15) is 5.75 Å². The third-order valence-corrected chi connectivity index (χ3v) is 2.76. The Bertz CT molecular complexity index is 431. The lowest BCUT2D eigenvalue weighted by molar-refractivity contribution is 0.189. The van der Waals surface area contributed by atoms with Gasteiger partial charge in [0.05, 0.1) is 25.4 Å². The van der Waals surface area contributed by atoms with Crippen LogP contribution in [-0.4, -0.2) is 32.4 Å². The van der Waals surface area contributed by atoms with Crippen LogP contribution < -0.4 is 21.1 Å². The van der Waals surface area contributed by atoms with Crippen LogP contribution in [0.5, 0.6) is 5.75 Å². The molecule has 2 rings (SSSR count). The first-order chi connectivity index (χ1) is 8.69. The van der Waals surface area contributed by atoms with Gasteiger partial charge in [0.15, 0.2) is 0 Å². The van der Waals surface area contributed by atoms with Crippen LogP contribution in [0, 0.1) is 0 Å². The number of rotatable bonds is 3. The molecule has 6 heteroatoms. The van der Waals surface area contributed by atoms with E-state index in [0.29, 0.717) is 30.3 Å². The Morgan fingerprint density at radius 1 is 1.56 bits per heavy atom. The minimum atomic E-state index is -0.252. The van der Waals surface area contributed by atoms with Crippen molar-refractivity contribution in [3.05, 3.63) is 18.2 Å². The van der Waals surface area contributed by atoms with Crippen molar-refractivity contribution in [2.24, 2.45) is 0 Å². The minimum Gasteiger partial charge on any atom is -0.495 e. The zero-order valence-corrected chi connectivity index (χ0v) is 10.2. The predicted molar refractivity (Wildman–Crippen MR) is 68.8 cm³/mol. The summed E-state index contributed by atoms with van der Waals surface area (Å²) < 4.78 is 10.3. The fourth-order valence-electron chi connectivity index (χ4n) is 1.79. The second kappa shape index (κ2) is 5.59.